The van der Waals surface area contributed by atoms with Crippen LogP contribution in [0.25, 0.3) is 0 Å². The van der Waals surface area contributed by atoms with E-state index in [9.17, 15) is 4.21 Å². The molecule has 2 fully saturated rings. The van der Waals surface area contributed by atoms with Crippen molar-refractivity contribution < 1.29 is 4.21 Å². The lowest BCUT2D eigenvalue weighted by atomic mass is 10.3. The first-order valence-electron chi connectivity index (χ1n) is 5.51. The molecule has 84 valence electrons. The van der Waals surface area contributed by atoms with Gasteiger partial charge in [-0.1, -0.05) is 0 Å². The van der Waals surface area contributed by atoms with Crippen molar-refractivity contribution in [1.29, 1.82) is 5.26 Å². The Labute approximate surface area is 93.1 Å². The average molecular weight is 227 g/mol. The van der Waals surface area contributed by atoms with E-state index in [1.165, 1.54) is 12.8 Å². The monoisotopic (exact) mass is 227 g/mol. The molecule has 1 N–H and O–H groups in total. The van der Waals surface area contributed by atoms with Crippen LogP contribution in [0.3, 0.4) is 0 Å². The molecule has 15 heavy (non-hydrogen) atoms. The minimum absolute atomic E-state index is 0.0518. The van der Waals surface area contributed by atoms with E-state index in [-0.39, 0.29) is 6.04 Å². The average Bonchev–Trinajstić information content (AvgIpc) is 3.04. The van der Waals surface area contributed by atoms with Gasteiger partial charge in [0.2, 0.25) is 0 Å². The highest BCUT2D eigenvalue weighted by Gasteiger charge is 2.26. The molecule has 0 aromatic heterocycles. The smallest absolute Gasteiger partial charge is 0.108 e. The van der Waals surface area contributed by atoms with E-state index < -0.39 is 10.8 Å². The first kappa shape index (κ1) is 11.1. The van der Waals surface area contributed by atoms with Crippen molar-refractivity contribution in [2.24, 2.45) is 0 Å². The minimum Gasteiger partial charge on any atom is -0.299 e. The Morgan fingerprint density at radius 1 is 1.47 bits per heavy atom. The molecule has 1 saturated heterocycles. The second-order valence-corrected chi connectivity index (χ2v) is 5.97. The fraction of sp³-hybridized carbons (Fsp3) is 0.900. The normalized spacial score (nSPS) is 26.1. The number of hydrogen-bond acceptors (Lipinski definition) is 4. The fourth-order valence-corrected chi connectivity index (χ4v) is 2.91. The van der Waals surface area contributed by atoms with Crippen molar-refractivity contribution in [3.05, 3.63) is 0 Å². The molecule has 2 rings (SSSR count). The van der Waals surface area contributed by atoms with Crippen LogP contribution in [-0.2, 0) is 10.8 Å². The summed E-state index contributed by atoms with van der Waals surface area (Å²) in [5, 5.41) is 12.3. The van der Waals surface area contributed by atoms with E-state index in [2.05, 4.69) is 16.3 Å². The maximum absolute atomic E-state index is 11.2. The summed E-state index contributed by atoms with van der Waals surface area (Å²) in [6, 6.07) is 2.83. The zero-order valence-electron chi connectivity index (χ0n) is 8.82. The summed E-state index contributed by atoms with van der Waals surface area (Å²) in [7, 11) is -0.621. The van der Waals surface area contributed by atoms with Crippen molar-refractivity contribution in [1.82, 2.24) is 10.2 Å². The molecule has 1 aliphatic carbocycles. The summed E-state index contributed by atoms with van der Waals surface area (Å²) < 4.78 is 11.2. The third-order valence-electron chi connectivity index (χ3n) is 2.88. The zero-order chi connectivity index (χ0) is 10.7. The summed E-state index contributed by atoms with van der Waals surface area (Å²) in [5.74, 6) is 1.53. The quantitative estimate of drug-likeness (QED) is 0.716. The molecule has 1 atom stereocenters. The van der Waals surface area contributed by atoms with Crippen molar-refractivity contribution in [2.75, 3.05) is 31.1 Å². The largest absolute Gasteiger partial charge is 0.299 e. The van der Waals surface area contributed by atoms with E-state index in [1.807, 2.05) is 0 Å². The molecule has 1 aliphatic heterocycles. The Kier molecular flexibility index (Phi) is 3.73. The molecule has 5 heteroatoms. The lowest BCUT2D eigenvalue weighted by Crippen LogP contribution is -2.46. The second-order valence-electron chi connectivity index (χ2n) is 4.27. The molecule has 1 heterocycles. The summed E-state index contributed by atoms with van der Waals surface area (Å²) in [4.78, 5) is 2.24. The van der Waals surface area contributed by atoms with Gasteiger partial charge in [-0.2, -0.15) is 5.26 Å². The van der Waals surface area contributed by atoms with E-state index in [1.54, 1.807) is 0 Å². The topological polar surface area (TPSA) is 56.1 Å². The Hall–Kier alpha value is -0.440. The Morgan fingerprint density at radius 2 is 2.13 bits per heavy atom. The van der Waals surface area contributed by atoms with Crippen LogP contribution in [0.2, 0.25) is 0 Å². The number of nitrogens with zero attached hydrogens (tertiary/aromatic N) is 2. The Morgan fingerprint density at radius 3 is 2.67 bits per heavy atom. The molecule has 0 bridgehead atoms. The molecule has 1 saturated carbocycles. The van der Waals surface area contributed by atoms with Gasteiger partial charge in [0.1, 0.15) is 6.04 Å². The highest BCUT2D eigenvalue weighted by molar-refractivity contribution is 7.85. The third-order valence-corrected chi connectivity index (χ3v) is 4.16. The van der Waals surface area contributed by atoms with Gasteiger partial charge < -0.3 is 0 Å². The summed E-state index contributed by atoms with van der Waals surface area (Å²) >= 11 is 0. The first-order valence-corrected chi connectivity index (χ1v) is 7.00. The lowest BCUT2D eigenvalue weighted by Gasteiger charge is -2.28. The molecule has 0 aromatic carbocycles. The van der Waals surface area contributed by atoms with Crippen LogP contribution in [0, 0.1) is 11.3 Å². The van der Waals surface area contributed by atoms with Crippen LogP contribution in [0.4, 0.5) is 0 Å². The van der Waals surface area contributed by atoms with Gasteiger partial charge in [-0.3, -0.25) is 14.4 Å². The van der Waals surface area contributed by atoms with Crippen molar-refractivity contribution in [3.8, 4) is 6.07 Å². The van der Waals surface area contributed by atoms with Gasteiger partial charge in [-0.25, -0.2) is 0 Å². The van der Waals surface area contributed by atoms with Gasteiger partial charge in [0.05, 0.1) is 6.07 Å². The number of nitrogens with one attached hydrogen (secondary N) is 1. The Bertz CT molecular complexity index is 275. The van der Waals surface area contributed by atoms with Crippen molar-refractivity contribution >= 4 is 10.8 Å². The SMILES string of the molecule is N#CC(CN1CCS(=O)CC1)NC1CC1. The van der Waals surface area contributed by atoms with Crippen molar-refractivity contribution in [2.45, 2.75) is 24.9 Å². The van der Waals surface area contributed by atoms with Gasteiger partial charge in [-0.15, -0.1) is 0 Å². The van der Waals surface area contributed by atoms with Gasteiger partial charge in [-0.05, 0) is 12.8 Å². The van der Waals surface area contributed by atoms with Crippen LogP contribution >= 0.6 is 0 Å². The zero-order valence-corrected chi connectivity index (χ0v) is 9.63. The first-order chi connectivity index (χ1) is 7.28. The molecule has 0 radical (unpaired) electrons. The standard InChI is InChI=1S/C10H17N3OS/c11-7-10(12-9-1-2-9)8-13-3-5-15(14)6-4-13/h9-10,12H,1-6,8H2. The molecule has 4 nitrogen and oxygen atoms in total. The highest BCUT2D eigenvalue weighted by Crippen LogP contribution is 2.19. The van der Waals surface area contributed by atoms with Gasteiger partial charge in [0, 0.05) is 48.0 Å². The molecule has 2 aliphatic rings. The highest BCUT2D eigenvalue weighted by atomic mass is 32.2. The lowest BCUT2D eigenvalue weighted by molar-refractivity contribution is 0.279. The van der Waals surface area contributed by atoms with Crippen LogP contribution in [0.1, 0.15) is 12.8 Å². The molecule has 0 spiro atoms. The fourth-order valence-electron chi connectivity index (χ4n) is 1.78. The molecular formula is C10H17N3OS. The van der Waals surface area contributed by atoms with Crippen LogP contribution in [0.15, 0.2) is 0 Å². The van der Waals surface area contributed by atoms with E-state index >= 15 is 0 Å². The molecular weight excluding hydrogens is 210 g/mol. The van der Waals surface area contributed by atoms with Gasteiger partial charge >= 0.3 is 0 Å². The minimum atomic E-state index is -0.621. The van der Waals surface area contributed by atoms with Crippen molar-refractivity contribution in [3.63, 3.8) is 0 Å². The maximum atomic E-state index is 11.2. The second kappa shape index (κ2) is 5.06. The number of rotatable bonds is 4. The van der Waals surface area contributed by atoms with Gasteiger partial charge in [0.15, 0.2) is 0 Å². The van der Waals surface area contributed by atoms with Crippen LogP contribution in [0.5, 0.6) is 0 Å². The number of hydrogen-bond donors (Lipinski definition) is 1. The molecule has 0 aromatic rings. The third kappa shape index (κ3) is 3.56. The van der Waals surface area contributed by atoms with Gasteiger partial charge in [0.25, 0.3) is 0 Å². The summed E-state index contributed by atoms with van der Waals surface area (Å²) in [6.45, 7) is 2.53. The molecule has 1 unspecified atom stereocenters. The maximum Gasteiger partial charge on any atom is 0.108 e. The predicted molar refractivity (Wildman–Crippen MR) is 59.9 cm³/mol. The van der Waals surface area contributed by atoms with Crippen LogP contribution < -0.4 is 5.32 Å². The predicted octanol–water partition coefficient (Wildman–Crippen LogP) is -0.305. The van der Waals surface area contributed by atoms with E-state index in [0.717, 1.165) is 31.1 Å². The Balaban J connectivity index is 1.73. The summed E-state index contributed by atoms with van der Waals surface area (Å²) in [5.41, 5.74) is 0. The number of nitriles is 1. The van der Waals surface area contributed by atoms with E-state index in [0.29, 0.717) is 6.04 Å². The summed E-state index contributed by atoms with van der Waals surface area (Å²) in [6.07, 6.45) is 2.42. The van der Waals surface area contributed by atoms with Crippen LogP contribution in [-0.4, -0.2) is 52.3 Å². The van der Waals surface area contributed by atoms with E-state index in [4.69, 9.17) is 5.26 Å². The molecule has 0 amide bonds.